The summed E-state index contributed by atoms with van der Waals surface area (Å²) in [6.07, 6.45) is 1.15. The van der Waals surface area contributed by atoms with E-state index in [1.807, 2.05) is 13.0 Å². The monoisotopic (exact) mass is 268 g/mol. The van der Waals surface area contributed by atoms with Gasteiger partial charge in [0, 0.05) is 11.8 Å². The van der Waals surface area contributed by atoms with E-state index in [0.29, 0.717) is 11.1 Å². The summed E-state index contributed by atoms with van der Waals surface area (Å²) >= 11 is 0. The standard InChI is InChI=1S/C14H20O3S/c1-9(2)11-7-10(3)8-12(18(6,16)17)13(11)14(4,5)15/h7-8,15H,1H2,2-6H3. The maximum atomic E-state index is 11.9. The number of rotatable bonds is 3. The zero-order valence-corrected chi connectivity index (χ0v) is 12.4. The molecule has 0 radical (unpaired) electrons. The van der Waals surface area contributed by atoms with E-state index >= 15 is 0 Å². The van der Waals surface area contributed by atoms with Crippen molar-refractivity contribution in [3.8, 4) is 0 Å². The van der Waals surface area contributed by atoms with E-state index in [4.69, 9.17) is 0 Å². The number of aryl methyl sites for hydroxylation is 1. The van der Waals surface area contributed by atoms with E-state index in [1.54, 1.807) is 26.8 Å². The average Bonchev–Trinajstić information content (AvgIpc) is 2.12. The summed E-state index contributed by atoms with van der Waals surface area (Å²) in [5.41, 5.74) is 1.45. The lowest BCUT2D eigenvalue weighted by Crippen LogP contribution is -2.22. The molecule has 0 saturated heterocycles. The normalized spacial score (nSPS) is 12.6. The summed E-state index contributed by atoms with van der Waals surface area (Å²) in [6.45, 7) is 10.7. The van der Waals surface area contributed by atoms with Crippen LogP contribution in [0.15, 0.2) is 23.6 Å². The minimum atomic E-state index is -3.40. The zero-order valence-electron chi connectivity index (χ0n) is 11.5. The van der Waals surface area contributed by atoms with Crippen LogP contribution >= 0.6 is 0 Å². The molecule has 0 fully saturated rings. The highest BCUT2D eigenvalue weighted by atomic mass is 32.2. The van der Waals surface area contributed by atoms with Gasteiger partial charge in [-0.25, -0.2) is 8.42 Å². The summed E-state index contributed by atoms with van der Waals surface area (Å²) in [7, 11) is -3.40. The average molecular weight is 268 g/mol. The van der Waals surface area contributed by atoms with Crippen molar-refractivity contribution in [2.75, 3.05) is 6.26 Å². The molecule has 0 atom stereocenters. The Morgan fingerprint density at radius 2 is 1.83 bits per heavy atom. The van der Waals surface area contributed by atoms with Gasteiger partial charge in [-0.1, -0.05) is 18.2 Å². The van der Waals surface area contributed by atoms with Crippen molar-refractivity contribution in [3.63, 3.8) is 0 Å². The third kappa shape index (κ3) is 3.00. The molecule has 1 N–H and O–H groups in total. The van der Waals surface area contributed by atoms with Crippen molar-refractivity contribution in [1.82, 2.24) is 0 Å². The van der Waals surface area contributed by atoms with Crippen LogP contribution in [0.2, 0.25) is 0 Å². The van der Waals surface area contributed by atoms with Crippen LogP contribution in [0.4, 0.5) is 0 Å². The summed E-state index contributed by atoms with van der Waals surface area (Å²) in [5, 5.41) is 10.2. The van der Waals surface area contributed by atoms with Crippen LogP contribution in [-0.2, 0) is 15.4 Å². The minimum Gasteiger partial charge on any atom is -0.386 e. The van der Waals surface area contributed by atoms with E-state index in [-0.39, 0.29) is 4.90 Å². The first-order valence-electron chi connectivity index (χ1n) is 5.68. The van der Waals surface area contributed by atoms with Crippen molar-refractivity contribution in [3.05, 3.63) is 35.4 Å². The van der Waals surface area contributed by atoms with E-state index in [9.17, 15) is 13.5 Å². The molecular formula is C14H20O3S. The molecule has 1 aromatic carbocycles. The molecule has 0 spiro atoms. The first kappa shape index (κ1) is 14.9. The third-order valence-electron chi connectivity index (χ3n) is 2.72. The van der Waals surface area contributed by atoms with Crippen molar-refractivity contribution >= 4 is 15.4 Å². The first-order chi connectivity index (χ1) is 7.94. The van der Waals surface area contributed by atoms with Crippen LogP contribution in [0.1, 0.15) is 37.5 Å². The predicted molar refractivity (Wildman–Crippen MR) is 74.2 cm³/mol. The van der Waals surface area contributed by atoms with Crippen LogP contribution in [0.25, 0.3) is 5.57 Å². The molecule has 0 heterocycles. The highest BCUT2D eigenvalue weighted by Gasteiger charge is 2.28. The summed E-state index contributed by atoms with van der Waals surface area (Å²) < 4.78 is 23.8. The van der Waals surface area contributed by atoms with Crippen molar-refractivity contribution < 1.29 is 13.5 Å². The Labute approximate surface area is 109 Å². The van der Waals surface area contributed by atoms with Gasteiger partial charge in [0.2, 0.25) is 0 Å². The largest absolute Gasteiger partial charge is 0.386 e. The lowest BCUT2D eigenvalue weighted by atomic mass is 9.89. The second kappa shape index (κ2) is 4.52. The maximum absolute atomic E-state index is 11.9. The van der Waals surface area contributed by atoms with Gasteiger partial charge in [0.15, 0.2) is 9.84 Å². The predicted octanol–water partition coefficient (Wildman–Crippen LogP) is 2.66. The molecule has 0 bridgehead atoms. The summed E-state index contributed by atoms with van der Waals surface area (Å²) in [5.74, 6) is 0. The second-order valence-corrected chi connectivity index (χ2v) is 7.28. The molecule has 3 nitrogen and oxygen atoms in total. The van der Waals surface area contributed by atoms with Gasteiger partial charge in [0.25, 0.3) is 0 Å². The molecular weight excluding hydrogens is 248 g/mol. The molecule has 0 aliphatic heterocycles. The highest BCUT2D eigenvalue weighted by Crippen LogP contribution is 2.34. The SMILES string of the molecule is C=C(C)c1cc(C)cc(S(C)(=O)=O)c1C(C)(C)O. The van der Waals surface area contributed by atoms with E-state index < -0.39 is 15.4 Å². The number of aliphatic hydroxyl groups is 1. The fraction of sp³-hybridized carbons (Fsp3) is 0.429. The van der Waals surface area contributed by atoms with Crippen LogP contribution in [0, 0.1) is 6.92 Å². The lowest BCUT2D eigenvalue weighted by Gasteiger charge is -2.25. The van der Waals surface area contributed by atoms with Gasteiger partial charge < -0.3 is 5.11 Å². The Morgan fingerprint density at radius 3 is 2.17 bits per heavy atom. The maximum Gasteiger partial charge on any atom is 0.175 e. The van der Waals surface area contributed by atoms with Gasteiger partial charge in [-0.15, -0.1) is 0 Å². The topological polar surface area (TPSA) is 54.4 Å². The van der Waals surface area contributed by atoms with Crippen LogP contribution in [0.3, 0.4) is 0 Å². The Bertz CT molecular complexity index is 590. The molecule has 0 aliphatic rings. The third-order valence-corrected chi connectivity index (χ3v) is 3.84. The van der Waals surface area contributed by atoms with Gasteiger partial charge in [-0.2, -0.15) is 0 Å². The van der Waals surface area contributed by atoms with Crippen LogP contribution in [-0.4, -0.2) is 19.8 Å². The molecule has 0 unspecified atom stereocenters. The van der Waals surface area contributed by atoms with E-state index in [0.717, 1.165) is 17.4 Å². The molecule has 18 heavy (non-hydrogen) atoms. The quantitative estimate of drug-likeness (QED) is 0.917. The number of sulfone groups is 1. The second-order valence-electron chi connectivity index (χ2n) is 5.30. The van der Waals surface area contributed by atoms with Crippen molar-refractivity contribution in [2.45, 2.75) is 38.2 Å². The van der Waals surface area contributed by atoms with Crippen LogP contribution in [0.5, 0.6) is 0 Å². The Morgan fingerprint density at radius 1 is 1.33 bits per heavy atom. The van der Waals surface area contributed by atoms with E-state index in [2.05, 4.69) is 6.58 Å². The van der Waals surface area contributed by atoms with Gasteiger partial charge >= 0.3 is 0 Å². The molecule has 100 valence electrons. The molecule has 0 aromatic heterocycles. The van der Waals surface area contributed by atoms with Gasteiger partial charge in [-0.3, -0.25) is 0 Å². The fourth-order valence-electron chi connectivity index (χ4n) is 2.01. The number of allylic oxidation sites excluding steroid dienone is 1. The Balaban J connectivity index is 3.88. The molecule has 1 rings (SSSR count). The van der Waals surface area contributed by atoms with Gasteiger partial charge in [-0.05, 0) is 44.9 Å². The summed E-state index contributed by atoms with van der Waals surface area (Å²) in [4.78, 5) is 0.174. The van der Waals surface area contributed by atoms with Crippen molar-refractivity contribution in [2.24, 2.45) is 0 Å². The smallest absolute Gasteiger partial charge is 0.175 e. The Hall–Kier alpha value is -1.13. The molecule has 0 amide bonds. The van der Waals surface area contributed by atoms with Crippen LogP contribution < -0.4 is 0 Å². The molecule has 0 saturated carbocycles. The van der Waals surface area contributed by atoms with Gasteiger partial charge in [0.1, 0.15) is 0 Å². The number of hydrogen-bond acceptors (Lipinski definition) is 3. The molecule has 4 heteroatoms. The highest BCUT2D eigenvalue weighted by molar-refractivity contribution is 7.90. The minimum absolute atomic E-state index is 0.174. The van der Waals surface area contributed by atoms with E-state index in [1.165, 1.54) is 0 Å². The van der Waals surface area contributed by atoms with Crippen molar-refractivity contribution in [1.29, 1.82) is 0 Å². The van der Waals surface area contributed by atoms with Gasteiger partial charge in [0.05, 0.1) is 10.5 Å². The fourth-order valence-corrected chi connectivity index (χ4v) is 3.14. The molecule has 1 aromatic rings. The Kier molecular flexibility index (Phi) is 3.75. The zero-order chi connectivity index (χ0) is 14.3. The number of hydrogen-bond donors (Lipinski definition) is 1. The summed E-state index contributed by atoms with van der Waals surface area (Å²) in [6, 6.07) is 3.44. The lowest BCUT2D eigenvalue weighted by molar-refractivity contribution is 0.0752. The first-order valence-corrected chi connectivity index (χ1v) is 7.57. The number of benzene rings is 1. The molecule has 0 aliphatic carbocycles.